The van der Waals surface area contributed by atoms with Gasteiger partial charge in [-0.25, -0.2) is 9.18 Å². The zero-order chi connectivity index (χ0) is 19.8. The molecule has 0 aromatic heterocycles. The third-order valence-electron chi connectivity index (χ3n) is 4.96. The van der Waals surface area contributed by atoms with Crippen LogP contribution >= 0.6 is 0 Å². The van der Waals surface area contributed by atoms with Crippen molar-refractivity contribution in [1.82, 2.24) is 0 Å². The van der Waals surface area contributed by atoms with Crippen molar-refractivity contribution in [2.24, 2.45) is 5.41 Å². The number of aryl methyl sites for hydroxylation is 2. The Morgan fingerprint density at radius 2 is 1.89 bits per heavy atom. The first-order chi connectivity index (χ1) is 12.7. The number of amides is 2. The summed E-state index contributed by atoms with van der Waals surface area (Å²) in [4.78, 5) is 12.3. The minimum absolute atomic E-state index is 0.212. The molecule has 0 radical (unpaired) electrons. The zero-order valence-electron chi connectivity index (χ0n) is 16.0. The van der Waals surface area contributed by atoms with Gasteiger partial charge in [0.15, 0.2) is 6.29 Å². The zero-order valence-corrected chi connectivity index (χ0v) is 16.0. The molecule has 1 fully saturated rings. The molecule has 3 rings (SSSR count). The molecule has 5 nitrogen and oxygen atoms in total. The number of urea groups is 1. The fourth-order valence-corrected chi connectivity index (χ4v) is 3.49. The van der Waals surface area contributed by atoms with Gasteiger partial charge in [-0.15, -0.1) is 0 Å². The lowest BCUT2D eigenvalue weighted by Crippen LogP contribution is -2.21. The van der Waals surface area contributed by atoms with Crippen molar-refractivity contribution in [1.29, 1.82) is 0 Å². The molecule has 2 unspecified atom stereocenters. The van der Waals surface area contributed by atoms with E-state index >= 15 is 0 Å². The summed E-state index contributed by atoms with van der Waals surface area (Å²) >= 11 is 0. The molecular weight excluding hydrogens is 347 g/mol. The maximum Gasteiger partial charge on any atom is 0.323 e. The summed E-state index contributed by atoms with van der Waals surface area (Å²) in [6.45, 7) is 7.81. The van der Waals surface area contributed by atoms with Gasteiger partial charge < -0.3 is 20.5 Å². The van der Waals surface area contributed by atoms with Crippen LogP contribution in [0.4, 0.5) is 20.6 Å². The monoisotopic (exact) mass is 372 g/mol. The highest BCUT2D eigenvalue weighted by Gasteiger charge is 2.42. The summed E-state index contributed by atoms with van der Waals surface area (Å²) in [5.41, 5.74) is 3.56. The molecular formula is C21H25FN2O3. The Hall–Kier alpha value is -2.44. The van der Waals surface area contributed by atoms with E-state index in [0.29, 0.717) is 23.4 Å². The Balaban J connectivity index is 1.77. The van der Waals surface area contributed by atoms with Gasteiger partial charge in [-0.3, -0.25) is 0 Å². The fraction of sp³-hybridized carbons (Fsp3) is 0.381. The maximum atomic E-state index is 13.2. The van der Waals surface area contributed by atoms with Crippen LogP contribution in [0.25, 0.3) is 0 Å². The summed E-state index contributed by atoms with van der Waals surface area (Å²) < 4.78 is 18.9. The molecule has 1 heterocycles. The van der Waals surface area contributed by atoms with Crippen molar-refractivity contribution >= 4 is 17.4 Å². The standard InChI is InChI=1S/C21H25FN2O3/c1-12-5-7-15(10-16(12)19-21(3,4)11-18(25)27-19)23-20(26)24-17-8-6-14(22)9-13(17)2/h5-10,18-19,25H,11H2,1-4H3,(H2,23,24,26). The number of rotatable bonds is 3. The molecule has 0 spiro atoms. The molecule has 0 saturated carbocycles. The third-order valence-corrected chi connectivity index (χ3v) is 4.96. The average Bonchev–Trinajstić information content (AvgIpc) is 2.84. The van der Waals surface area contributed by atoms with E-state index in [2.05, 4.69) is 24.5 Å². The number of ether oxygens (including phenoxy) is 1. The van der Waals surface area contributed by atoms with Crippen LogP contribution in [0, 0.1) is 25.1 Å². The third kappa shape index (κ3) is 4.28. The number of nitrogens with one attached hydrogen (secondary N) is 2. The highest BCUT2D eigenvalue weighted by molar-refractivity contribution is 6.00. The van der Waals surface area contributed by atoms with E-state index in [0.717, 1.165) is 11.1 Å². The van der Waals surface area contributed by atoms with Crippen molar-refractivity contribution in [2.75, 3.05) is 10.6 Å². The van der Waals surface area contributed by atoms with E-state index in [1.54, 1.807) is 6.92 Å². The molecule has 3 N–H and O–H groups in total. The van der Waals surface area contributed by atoms with E-state index in [1.165, 1.54) is 18.2 Å². The van der Waals surface area contributed by atoms with Gasteiger partial charge in [0.25, 0.3) is 0 Å². The predicted octanol–water partition coefficient (Wildman–Crippen LogP) is 4.89. The van der Waals surface area contributed by atoms with E-state index in [4.69, 9.17) is 4.74 Å². The lowest BCUT2D eigenvalue weighted by atomic mass is 9.80. The van der Waals surface area contributed by atoms with Crippen LogP contribution < -0.4 is 10.6 Å². The van der Waals surface area contributed by atoms with Crippen molar-refractivity contribution in [2.45, 2.75) is 46.5 Å². The maximum absolute atomic E-state index is 13.2. The Kier molecular flexibility index (Phi) is 5.22. The lowest BCUT2D eigenvalue weighted by Gasteiger charge is -2.27. The Morgan fingerprint density at radius 1 is 1.15 bits per heavy atom. The van der Waals surface area contributed by atoms with Crippen molar-refractivity contribution in [3.8, 4) is 0 Å². The molecule has 27 heavy (non-hydrogen) atoms. The Labute approximate surface area is 158 Å². The van der Waals surface area contributed by atoms with E-state index in [1.807, 2.05) is 25.1 Å². The number of anilines is 2. The molecule has 2 atom stereocenters. The minimum Gasteiger partial charge on any atom is -0.368 e. The fourth-order valence-electron chi connectivity index (χ4n) is 3.49. The molecule has 1 aliphatic rings. The molecule has 1 saturated heterocycles. The van der Waals surface area contributed by atoms with Crippen LogP contribution in [0.15, 0.2) is 36.4 Å². The lowest BCUT2D eigenvalue weighted by molar-refractivity contribution is -0.0963. The Morgan fingerprint density at radius 3 is 2.52 bits per heavy atom. The summed E-state index contributed by atoms with van der Waals surface area (Å²) in [5, 5.41) is 15.4. The molecule has 6 heteroatoms. The second-order valence-electron chi connectivity index (χ2n) is 7.77. The first-order valence-electron chi connectivity index (χ1n) is 8.94. The van der Waals surface area contributed by atoms with Gasteiger partial charge >= 0.3 is 6.03 Å². The van der Waals surface area contributed by atoms with E-state index < -0.39 is 12.3 Å². The molecule has 0 bridgehead atoms. The number of hydrogen-bond acceptors (Lipinski definition) is 3. The summed E-state index contributed by atoms with van der Waals surface area (Å²) in [6.07, 6.45) is -0.485. The first-order valence-corrected chi connectivity index (χ1v) is 8.94. The predicted molar refractivity (Wildman–Crippen MR) is 103 cm³/mol. The van der Waals surface area contributed by atoms with Crippen LogP contribution in [0.3, 0.4) is 0 Å². The number of benzene rings is 2. The van der Waals surface area contributed by atoms with Gasteiger partial charge in [-0.05, 0) is 60.9 Å². The number of aliphatic hydroxyl groups excluding tert-OH is 1. The average molecular weight is 372 g/mol. The first kappa shape index (κ1) is 19.3. The molecule has 2 aromatic rings. The van der Waals surface area contributed by atoms with Crippen LogP contribution in [0.5, 0.6) is 0 Å². The normalized spacial score (nSPS) is 21.1. The number of hydrogen-bond donors (Lipinski definition) is 3. The van der Waals surface area contributed by atoms with Gasteiger partial charge in [-0.2, -0.15) is 0 Å². The van der Waals surface area contributed by atoms with Crippen LogP contribution in [0.1, 0.15) is 43.1 Å². The number of carbonyl (C=O) groups is 1. The van der Waals surface area contributed by atoms with Crippen LogP contribution in [0.2, 0.25) is 0 Å². The van der Waals surface area contributed by atoms with Crippen LogP contribution in [-0.2, 0) is 4.74 Å². The van der Waals surface area contributed by atoms with E-state index in [9.17, 15) is 14.3 Å². The largest absolute Gasteiger partial charge is 0.368 e. The molecule has 144 valence electrons. The highest BCUT2D eigenvalue weighted by atomic mass is 19.1. The Bertz CT molecular complexity index is 867. The highest BCUT2D eigenvalue weighted by Crippen LogP contribution is 2.48. The molecule has 2 aromatic carbocycles. The second kappa shape index (κ2) is 7.29. The van der Waals surface area contributed by atoms with E-state index in [-0.39, 0.29) is 17.3 Å². The van der Waals surface area contributed by atoms with Crippen molar-refractivity contribution in [3.05, 3.63) is 58.9 Å². The SMILES string of the molecule is Cc1cc(F)ccc1NC(=O)Nc1ccc(C)c(C2OC(O)CC2(C)C)c1. The molecule has 2 amide bonds. The minimum atomic E-state index is -0.786. The van der Waals surface area contributed by atoms with Gasteiger partial charge in [0.1, 0.15) is 5.82 Å². The van der Waals surface area contributed by atoms with Gasteiger partial charge in [0.05, 0.1) is 6.10 Å². The van der Waals surface area contributed by atoms with Gasteiger partial charge in [0.2, 0.25) is 0 Å². The van der Waals surface area contributed by atoms with Crippen molar-refractivity contribution in [3.63, 3.8) is 0 Å². The molecule has 1 aliphatic heterocycles. The smallest absolute Gasteiger partial charge is 0.323 e. The number of halogens is 1. The second-order valence-corrected chi connectivity index (χ2v) is 7.77. The van der Waals surface area contributed by atoms with Crippen molar-refractivity contribution < 1.29 is 19.0 Å². The topological polar surface area (TPSA) is 70.6 Å². The quantitative estimate of drug-likeness (QED) is 0.718. The summed E-state index contributed by atoms with van der Waals surface area (Å²) in [6, 6.07) is 9.39. The number of aliphatic hydroxyl groups is 1. The summed E-state index contributed by atoms with van der Waals surface area (Å²) in [5.74, 6) is -0.344. The van der Waals surface area contributed by atoms with Gasteiger partial charge in [-0.1, -0.05) is 19.9 Å². The number of carbonyl (C=O) groups excluding carboxylic acids is 1. The molecule has 0 aliphatic carbocycles. The van der Waals surface area contributed by atoms with Crippen LogP contribution in [-0.4, -0.2) is 17.4 Å². The summed E-state index contributed by atoms with van der Waals surface area (Å²) in [7, 11) is 0. The van der Waals surface area contributed by atoms with Gasteiger partial charge in [0, 0.05) is 23.2 Å².